The lowest BCUT2D eigenvalue weighted by Gasteiger charge is -2.12. The molecule has 2 N–H and O–H groups in total. The molecule has 0 saturated carbocycles. The van der Waals surface area contributed by atoms with Crippen LogP contribution in [0.5, 0.6) is 0 Å². The fourth-order valence-corrected chi connectivity index (χ4v) is 2.70. The highest BCUT2D eigenvalue weighted by molar-refractivity contribution is 14.0. The van der Waals surface area contributed by atoms with E-state index in [1.54, 1.807) is 7.05 Å². The van der Waals surface area contributed by atoms with Crippen LogP contribution in [0.3, 0.4) is 0 Å². The van der Waals surface area contributed by atoms with Gasteiger partial charge in [-0.05, 0) is 48.6 Å². The molecular weight excluding hydrogens is 468 g/mol. The normalized spacial score (nSPS) is 11.0. The fourth-order valence-electron chi connectivity index (χ4n) is 1.70. The number of aliphatic imine (C=N–C) groups is 1. The summed E-state index contributed by atoms with van der Waals surface area (Å²) in [6.45, 7) is 1.44. The van der Waals surface area contributed by atoms with Crippen molar-refractivity contribution in [3.63, 3.8) is 0 Å². The predicted molar refractivity (Wildman–Crippen MR) is 105 cm³/mol. The number of hydrogen-bond acceptors (Lipinski definition) is 2. The van der Waals surface area contributed by atoms with E-state index in [1.807, 2.05) is 17.8 Å². The zero-order valence-corrected chi connectivity index (χ0v) is 17.0. The molecule has 0 fully saturated rings. The first-order chi connectivity index (χ1) is 9.65. The van der Waals surface area contributed by atoms with Crippen LogP contribution in [0.15, 0.2) is 27.7 Å². The van der Waals surface area contributed by atoms with E-state index in [0.717, 1.165) is 29.0 Å². The van der Waals surface area contributed by atoms with Crippen LogP contribution >= 0.6 is 51.7 Å². The van der Waals surface area contributed by atoms with Gasteiger partial charge in [0, 0.05) is 24.6 Å². The Kier molecular flexibility index (Phi) is 12.5. The van der Waals surface area contributed by atoms with Gasteiger partial charge in [-0.1, -0.05) is 15.9 Å². The van der Waals surface area contributed by atoms with Crippen molar-refractivity contribution in [2.45, 2.75) is 19.4 Å². The summed E-state index contributed by atoms with van der Waals surface area (Å²) in [5.41, 5.74) is 0.877. The van der Waals surface area contributed by atoms with Gasteiger partial charge in [-0.2, -0.15) is 11.8 Å². The first-order valence-electron chi connectivity index (χ1n) is 6.54. The van der Waals surface area contributed by atoms with Gasteiger partial charge in [-0.3, -0.25) is 4.99 Å². The molecule has 0 aliphatic rings. The molecule has 0 atom stereocenters. The lowest BCUT2D eigenvalue weighted by Crippen LogP contribution is -2.37. The van der Waals surface area contributed by atoms with Gasteiger partial charge in [0.05, 0.1) is 0 Å². The van der Waals surface area contributed by atoms with Gasteiger partial charge in [0.1, 0.15) is 5.82 Å². The zero-order valence-electron chi connectivity index (χ0n) is 12.3. The molecule has 0 heterocycles. The average Bonchev–Trinajstić information content (AvgIpc) is 2.41. The van der Waals surface area contributed by atoms with Crippen molar-refractivity contribution in [2.75, 3.05) is 25.6 Å². The first kappa shape index (κ1) is 21.0. The molecule has 120 valence electrons. The Balaban J connectivity index is 0.00000400. The number of benzene rings is 1. The summed E-state index contributed by atoms with van der Waals surface area (Å²) in [4.78, 5) is 4.15. The molecule has 0 aliphatic carbocycles. The number of nitrogens with zero attached hydrogens (tertiary/aromatic N) is 1. The van der Waals surface area contributed by atoms with Gasteiger partial charge in [0.25, 0.3) is 0 Å². The van der Waals surface area contributed by atoms with Gasteiger partial charge in [-0.25, -0.2) is 4.39 Å². The van der Waals surface area contributed by atoms with Crippen LogP contribution in [0.2, 0.25) is 0 Å². The van der Waals surface area contributed by atoms with E-state index in [0.29, 0.717) is 6.54 Å². The standard InChI is InChI=1S/C14H21BrFN3S.HI/c1-17-14(18-5-3-4-6-20-2)19-10-11-7-12(15)9-13(16)8-11;/h7-9H,3-6,10H2,1-2H3,(H2,17,18,19);1H. The monoisotopic (exact) mass is 489 g/mol. The van der Waals surface area contributed by atoms with Gasteiger partial charge in [0.2, 0.25) is 0 Å². The molecule has 0 unspecified atom stereocenters. The van der Waals surface area contributed by atoms with Crippen LogP contribution in [-0.4, -0.2) is 31.6 Å². The Labute approximate surface area is 156 Å². The molecule has 0 spiro atoms. The molecule has 0 aliphatic heterocycles. The average molecular weight is 490 g/mol. The second kappa shape index (κ2) is 12.5. The van der Waals surface area contributed by atoms with Gasteiger partial charge in [0.15, 0.2) is 5.96 Å². The van der Waals surface area contributed by atoms with Gasteiger partial charge < -0.3 is 10.6 Å². The summed E-state index contributed by atoms with van der Waals surface area (Å²) >= 11 is 5.15. The number of unbranched alkanes of at least 4 members (excludes halogenated alkanes) is 1. The van der Waals surface area contributed by atoms with E-state index in [9.17, 15) is 4.39 Å². The second-order valence-corrected chi connectivity index (χ2v) is 6.23. The molecule has 1 rings (SSSR count). The fraction of sp³-hybridized carbons (Fsp3) is 0.500. The Morgan fingerprint density at radius 2 is 2.05 bits per heavy atom. The quantitative estimate of drug-likeness (QED) is 0.263. The molecule has 1 aromatic carbocycles. The third kappa shape index (κ3) is 9.57. The number of hydrogen-bond donors (Lipinski definition) is 2. The van der Waals surface area contributed by atoms with Crippen molar-refractivity contribution < 1.29 is 4.39 Å². The van der Waals surface area contributed by atoms with Crippen LogP contribution in [0.4, 0.5) is 4.39 Å². The van der Waals surface area contributed by atoms with Crippen molar-refractivity contribution in [1.29, 1.82) is 0 Å². The van der Waals surface area contributed by atoms with E-state index in [1.165, 1.54) is 24.3 Å². The van der Waals surface area contributed by atoms with E-state index in [4.69, 9.17) is 0 Å². The molecule has 21 heavy (non-hydrogen) atoms. The number of halogens is 3. The smallest absolute Gasteiger partial charge is 0.191 e. The van der Waals surface area contributed by atoms with E-state index < -0.39 is 0 Å². The molecule has 0 saturated heterocycles. The maximum atomic E-state index is 13.2. The highest BCUT2D eigenvalue weighted by Gasteiger charge is 2.01. The van der Waals surface area contributed by atoms with Crippen molar-refractivity contribution in [1.82, 2.24) is 10.6 Å². The minimum absolute atomic E-state index is 0. The lowest BCUT2D eigenvalue weighted by atomic mass is 10.2. The first-order valence-corrected chi connectivity index (χ1v) is 8.73. The van der Waals surface area contributed by atoms with Crippen LogP contribution in [-0.2, 0) is 6.54 Å². The Hall–Kier alpha value is -0.0200. The number of rotatable bonds is 7. The van der Waals surface area contributed by atoms with Gasteiger partial charge in [-0.15, -0.1) is 24.0 Å². The molecule has 7 heteroatoms. The molecule has 1 aromatic rings. The summed E-state index contributed by atoms with van der Waals surface area (Å²) in [5.74, 6) is 1.69. The maximum absolute atomic E-state index is 13.2. The molecule has 3 nitrogen and oxygen atoms in total. The van der Waals surface area contributed by atoms with Crippen LogP contribution in [0, 0.1) is 5.82 Å². The summed E-state index contributed by atoms with van der Waals surface area (Å²) in [6, 6.07) is 4.85. The zero-order chi connectivity index (χ0) is 14.8. The summed E-state index contributed by atoms with van der Waals surface area (Å²) in [7, 11) is 1.73. The summed E-state index contributed by atoms with van der Waals surface area (Å²) in [6.07, 6.45) is 4.43. The van der Waals surface area contributed by atoms with Crippen LogP contribution < -0.4 is 10.6 Å². The molecule has 0 radical (unpaired) electrons. The van der Waals surface area contributed by atoms with Crippen molar-refractivity contribution in [3.05, 3.63) is 34.1 Å². The van der Waals surface area contributed by atoms with E-state index >= 15 is 0 Å². The topological polar surface area (TPSA) is 36.4 Å². The third-order valence-corrected chi connectivity index (χ3v) is 3.83. The van der Waals surface area contributed by atoms with Crippen molar-refractivity contribution in [2.24, 2.45) is 4.99 Å². The highest BCUT2D eigenvalue weighted by atomic mass is 127. The third-order valence-electron chi connectivity index (χ3n) is 2.67. The van der Waals surface area contributed by atoms with E-state index in [2.05, 4.69) is 37.8 Å². The predicted octanol–water partition coefficient (Wildman–Crippen LogP) is 4.01. The van der Waals surface area contributed by atoms with Crippen molar-refractivity contribution in [3.8, 4) is 0 Å². The number of thioether (sulfide) groups is 1. The van der Waals surface area contributed by atoms with E-state index in [-0.39, 0.29) is 29.8 Å². The van der Waals surface area contributed by atoms with Crippen molar-refractivity contribution >= 4 is 57.6 Å². The number of nitrogens with one attached hydrogen (secondary N) is 2. The highest BCUT2D eigenvalue weighted by Crippen LogP contribution is 2.14. The van der Waals surface area contributed by atoms with Gasteiger partial charge >= 0.3 is 0 Å². The molecular formula is C14H22BrFIN3S. The minimum Gasteiger partial charge on any atom is -0.356 e. The molecule has 0 aromatic heterocycles. The molecule has 0 amide bonds. The molecule has 0 bridgehead atoms. The lowest BCUT2D eigenvalue weighted by molar-refractivity contribution is 0.623. The largest absolute Gasteiger partial charge is 0.356 e. The Morgan fingerprint density at radius 3 is 2.67 bits per heavy atom. The minimum atomic E-state index is -0.240. The SMILES string of the molecule is CN=C(NCCCCSC)NCc1cc(F)cc(Br)c1.I. The Bertz CT molecular complexity index is 426. The number of guanidine groups is 1. The summed E-state index contributed by atoms with van der Waals surface area (Å²) < 4.78 is 14.0. The summed E-state index contributed by atoms with van der Waals surface area (Å²) in [5, 5.41) is 6.43. The Morgan fingerprint density at radius 1 is 1.29 bits per heavy atom. The second-order valence-electron chi connectivity index (χ2n) is 4.33. The van der Waals surface area contributed by atoms with Crippen LogP contribution in [0.25, 0.3) is 0 Å². The van der Waals surface area contributed by atoms with Crippen LogP contribution in [0.1, 0.15) is 18.4 Å². The maximum Gasteiger partial charge on any atom is 0.191 e.